The van der Waals surface area contributed by atoms with E-state index >= 15 is 0 Å². The Balaban J connectivity index is 2.46. The van der Waals surface area contributed by atoms with Gasteiger partial charge in [0.15, 0.2) is 0 Å². The molecule has 0 radical (unpaired) electrons. The van der Waals surface area contributed by atoms with Crippen LogP contribution in [-0.4, -0.2) is 15.5 Å². The van der Waals surface area contributed by atoms with Crippen LogP contribution in [0.1, 0.15) is 5.56 Å². The van der Waals surface area contributed by atoms with Crippen LogP contribution in [0, 0.1) is 12.7 Å². The lowest BCUT2D eigenvalue weighted by atomic mass is 10.1. The lowest BCUT2D eigenvalue weighted by Gasteiger charge is -2.08. The maximum Gasteiger partial charge on any atom is 0.237 e. The van der Waals surface area contributed by atoms with Crippen LogP contribution >= 0.6 is 0 Å². The fourth-order valence-corrected chi connectivity index (χ4v) is 1.73. The van der Waals surface area contributed by atoms with Gasteiger partial charge in [-0.2, -0.15) is 0 Å². The fourth-order valence-electron chi connectivity index (χ4n) is 1.73. The van der Waals surface area contributed by atoms with Crippen LogP contribution in [0.25, 0.3) is 11.4 Å². The standard InChI is InChI=1S/C12H12FN3O/c1-8-6-9(13)2-3-10(8)12-15-4-5-16(12)7-11(14)17/h2-6H,7H2,1H3,(H2,14,17). The van der Waals surface area contributed by atoms with Crippen molar-refractivity contribution < 1.29 is 9.18 Å². The lowest BCUT2D eigenvalue weighted by Crippen LogP contribution is -2.18. The number of aromatic nitrogens is 2. The predicted molar refractivity (Wildman–Crippen MR) is 61.6 cm³/mol. The van der Waals surface area contributed by atoms with Gasteiger partial charge in [0, 0.05) is 18.0 Å². The van der Waals surface area contributed by atoms with Gasteiger partial charge in [0.1, 0.15) is 18.2 Å². The second-order valence-corrected chi connectivity index (χ2v) is 3.80. The second kappa shape index (κ2) is 4.37. The molecule has 0 aliphatic heterocycles. The van der Waals surface area contributed by atoms with E-state index in [1.54, 1.807) is 30.0 Å². The van der Waals surface area contributed by atoms with Gasteiger partial charge in [0.25, 0.3) is 0 Å². The average Bonchev–Trinajstić information content (AvgIpc) is 2.65. The highest BCUT2D eigenvalue weighted by Crippen LogP contribution is 2.22. The topological polar surface area (TPSA) is 60.9 Å². The maximum absolute atomic E-state index is 13.0. The molecule has 0 atom stereocenters. The maximum atomic E-state index is 13.0. The SMILES string of the molecule is Cc1cc(F)ccc1-c1nccn1CC(N)=O. The van der Waals surface area contributed by atoms with E-state index in [4.69, 9.17) is 5.73 Å². The number of nitrogens with zero attached hydrogens (tertiary/aromatic N) is 2. The highest BCUT2D eigenvalue weighted by Gasteiger charge is 2.10. The molecular formula is C12H12FN3O. The quantitative estimate of drug-likeness (QED) is 0.872. The van der Waals surface area contributed by atoms with Crippen LogP contribution in [0.2, 0.25) is 0 Å². The number of halogens is 1. The van der Waals surface area contributed by atoms with Crippen molar-refractivity contribution in [3.63, 3.8) is 0 Å². The van der Waals surface area contributed by atoms with E-state index in [-0.39, 0.29) is 12.4 Å². The van der Waals surface area contributed by atoms with Gasteiger partial charge in [-0.1, -0.05) is 0 Å². The Morgan fingerprint density at radius 1 is 1.53 bits per heavy atom. The number of hydrogen-bond donors (Lipinski definition) is 1. The molecule has 1 aromatic carbocycles. The molecule has 0 saturated carbocycles. The van der Waals surface area contributed by atoms with E-state index in [0.717, 1.165) is 11.1 Å². The number of nitrogens with two attached hydrogens (primary N) is 1. The van der Waals surface area contributed by atoms with Crippen molar-refractivity contribution in [3.05, 3.63) is 42.0 Å². The van der Waals surface area contributed by atoms with Crippen molar-refractivity contribution in [1.82, 2.24) is 9.55 Å². The summed E-state index contributed by atoms with van der Waals surface area (Å²) in [4.78, 5) is 15.1. The molecule has 0 unspecified atom stereocenters. The third kappa shape index (κ3) is 2.33. The van der Waals surface area contributed by atoms with E-state index < -0.39 is 5.91 Å². The summed E-state index contributed by atoms with van der Waals surface area (Å²) in [6.07, 6.45) is 3.25. The minimum Gasteiger partial charge on any atom is -0.368 e. The number of amides is 1. The molecule has 0 spiro atoms. The van der Waals surface area contributed by atoms with E-state index in [2.05, 4.69) is 4.98 Å². The molecule has 2 rings (SSSR count). The molecular weight excluding hydrogens is 221 g/mol. The summed E-state index contributed by atoms with van der Waals surface area (Å²) in [6, 6.07) is 4.44. The van der Waals surface area contributed by atoms with E-state index in [1.165, 1.54) is 12.1 Å². The predicted octanol–water partition coefficient (Wildman–Crippen LogP) is 1.48. The van der Waals surface area contributed by atoms with Crippen LogP contribution in [0.4, 0.5) is 4.39 Å². The van der Waals surface area contributed by atoms with Crippen molar-refractivity contribution in [2.45, 2.75) is 13.5 Å². The zero-order valence-electron chi connectivity index (χ0n) is 9.35. The third-order valence-electron chi connectivity index (χ3n) is 2.47. The first kappa shape index (κ1) is 11.3. The summed E-state index contributed by atoms with van der Waals surface area (Å²) in [6.45, 7) is 1.86. The molecule has 1 amide bonds. The van der Waals surface area contributed by atoms with Gasteiger partial charge < -0.3 is 10.3 Å². The van der Waals surface area contributed by atoms with E-state index in [1.807, 2.05) is 0 Å². The van der Waals surface area contributed by atoms with Crippen molar-refractivity contribution >= 4 is 5.91 Å². The molecule has 2 N–H and O–H groups in total. The van der Waals surface area contributed by atoms with Gasteiger partial charge in [0.05, 0.1) is 0 Å². The molecule has 88 valence electrons. The van der Waals surface area contributed by atoms with Gasteiger partial charge in [-0.3, -0.25) is 4.79 Å². The average molecular weight is 233 g/mol. The highest BCUT2D eigenvalue weighted by atomic mass is 19.1. The monoisotopic (exact) mass is 233 g/mol. The van der Waals surface area contributed by atoms with Gasteiger partial charge in [-0.25, -0.2) is 9.37 Å². The van der Waals surface area contributed by atoms with Crippen LogP contribution < -0.4 is 5.73 Å². The smallest absolute Gasteiger partial charge is 0.237 e. The molecule has 4 nitrogen and oxygen atoms in total. The highest BCUT2D eigenvalue weighted by molar-refractivity contribution is 5.74. The molecule has 0 fully saturated rings. The number of carbonyl (C=O) groups is 1. The van der Waals surface area contributed by atoms with Crippen molar-refractivity contribution in [2.75, 3.05) is 0 Å². The van der Waals surface area contributed by atoms with Crippen molar-refractivity contribution in [2.24, 2.45) is 5.73 Å². The number of carbonyl (C=O) groups excluding carboxylic acids is 1. The summed E-state index contributed by atoms with van der Waals surface area (Å²) in [5.74, 6) is -0.121. The summed E-state index contributed by atoms with van der Waals surface area (Å²) in [7, 11) is 0. The third-order valence-corrected chi connectivity index (χ3v) is 2.47. The molecule has 5 heteroatoms. The molecule has 0 aliphatic carbocycles. The second-order valence-electron chi connectivity index (χ2n) is 3.80. The Kier molecular flexibility index (Phi) is 2.91. The molecule has 17 heavy (non-hydrogen) atoms. The Bertz CT molecular complexity index is 563. The van der Waals surface area contributed by atoms with Crippen LogP contribution in [0.15, 0.2) is 30.6 Å². The minimum atomic E-state index is -0.441. The molecule has 1 heterocycles. The number of rotatable bonds is 3. The largest absolute Gasteiger partial charge is 0.368 e. The molecule has 0 aliphatic rings. The Morgan fingerprint density at radius 2 is 2.29 bits per heavy atom. The Hall–Kier alpha value is -2.17. The van der Waals surface area contributed by atoms with Crippen LogP contribution in [0.5, 0.6) is 0 Å². The summed E-state index contributed by atoms with van der Waals surface area (Å²) >= 11 is 0. The normalized spacial score (nSPS) is 10.5. The summed E-state index contributed by atoms with van der Waals surface area (Å²) in [5.41, 5.74) is 6.70. The molecule has 1 aromatic heterocycles. The number of hydrogen-bond acceptors (Lipinski definition) is 2. The van der Waals surface area contributed by atoms with Gasteiger partial charge >= 0.3 is 0 Å². The first-order valence-electron chi connectivity index (χ1n) is 5.14. The Morgan fingerprint density at radius 3 is 2.94 bits per heavy atom. The molecule has 2 aromatic rings. The van der Waals surface area contributed by atoms with Crippen LogP contribution in [0.3, 0.4) is 0 Å². The van der Waals surface area contributed by atoms with E-state index in [9.17, 15) is 9.18 Å². The molecule has 0 bridgehead atoms. The van der Waals surface area contributed by atoms with Crippen molar-refractivity contribution in [1.29, 1.82) is 0 Å². The van der Waals surface area contributed by atoms with Gasteiger partial charge in [0.2, 0.25) is 5.91 Å². The van der Waals surface area contributed by atoms with E-state index in [0.29, 0.717) is 5.82 Å². The number of benzene rings is 1. The number of primary amides is 1. The Labute approximate surface area is 97.9 Å². The first-order chi connectivity index (χ1) is 8.08. The number of imidazole rings is 1. The number of aryl methyl sites for hydroxylation is 1. The van der Waals surface area contributed by atoms with Crippen molar-refractivity contribution in [3.8, 4) is 11.4 Å². The summed E-state index contributed by atoms with van der Waals surface area (Å²) < 4.78 is 14.6. The summed E-state index contributed by atoms with van der Waals surface area (Å²) in [5, 5.41) is 0. The van der Waals surface area contributed by atoms with Gasteiger partial charge in [-0.15, -0.1) is 0 Å². The lowest BCUT2D eigenvalue weighted by molar-refractivity contribution is -0.118. The fraction of sp³-hybridized carbons (Fsp3) is 0.167. The molecule has 0 saturated heterocycles. The first-order valence-corrected chi connectivity index (χ1v) is 5.14. The van der Waals surface area contributed by atoms with Gasteiger partial charge in [-0.05, 0) is 30.7 Å². The zero-order chi connectivity index (χ0) is 12.4. The van der Waals surface area contributed by atoms with Crippen LogP contribution in [-0.2, 0) is 11.3 Å². The zero-order valence-corrected chi connectivity index (χ0v) is 9.35. The minimum absolute atomic E-state index is 0.0617.